The van der Waals surface area contributed by atoms with E-state index in [0.29, 0.717) is 18.7 Å². The van der Waals surface area contributed by atoms with Crippen molar-refractivity contribution in [3.05, 3.63) is 83.9 Å². The van der Waals surface area contributed by atoms with E-state index in [2.05, 4.69) is 0 Å². The number of fused-ring (bicyclic) bond motifs is 1. The quantitative estimate of drug-likeness (QED) is 0.784. The molecule has 0 saturated heterocycles. The standard InChI is InChI=1S/C20H19NO2/c22-14-13-21(15-16-7-2-1-3-8-16)20(23)19-12-6-10-17-9-4-5-11-18(17)19/h1-12,22H,13-15H2. The highest BCUT2D eigenvalue weighted by molar-refractivity contribution is 6.07. The van der Waals surface area contributed by atoms with Gasteiger partial charge < -0.3 is 10.0 Å². The van der Waals surface area contributed by atoms with Gasteiger partial charge in [-0.15, -0.1) is 0 Å². The van der Waals surface area contributed by atoms with E-state index in [1.54, 1.807) is 4.90 Å². The molecule has 3 heteroatoms. The number of nitrogens with zero attached hydrogens (tertiary/aromatic N) is 1. The first-order chi connectivity index (χ1) is 11.3. The number of rotatable bonds is 5. The minimum atomic E-state index is -0.0558. The molecule has 23 heavy (non-hydrogen) atoms. The molecule has 0 spiro atoms. The summed E-state index contributed by atoms with van der Waals surface area (Å²) in [5.74, 6) is -0.0558. The predicted octanol–water partition coefficient (Wildman–Crippen LogP) is 3.47. The van der Waals surface area contributed by atoms with E-state index in [1.807, 2.05) is 72.8 Å². The van der Waals surface area contributed by atoms with Gasteiger partial charge in [-0.1, -0.05) is 66.7 Å². The Morgan fingerprint density at radius 3 is 2.35 bits per heavy atom. The molecule has 3 aromatic rings. The molecule has 0 saturated carbocycles. The Hall–Kier alpha value is -2.65. The number of carbonyl (C=O) groups excluding carboxylic acids is 1. The number of aliphatic hydroxyl groups is 1. The summed E-state index contributed by atoms with van der Waals surface area (Å²) < 4.78 is 0. The Morgan fingerprint density at radius 2 is 1.57 bits per heavy atom. The molecule has 116 valence electrons. The molecule has 3 nitrogen and oxygen atoms in total. The van der Waals surface area contributed by atoms with Gasteiger partial charge in [0.25, 0.3) is 5.91 Å². The third kappa shape index (κ3) is 3.41. The van der Waals surface area contributed by atoms with Crippen LogP contribution in [0.3, 0.4) is 0 Å². The second kappa shape index (κ2) is 7.07. The topological polar surface area (TPSA) is 40.5 Å². The lowest BCUT2D eigenvalue weighted by molar-refractivity contribution is 0.0710. The van der Waals surface area contributed by atoms with Crippen LogP contribution in [0.1, 0.15) is 15.9 Å². The Bertz CT molecular complexity index is 794. The second-order valence-corrected chi connectivity index (χ2v) is 5.46. The van der Waals surface area contributed by atoms with Crippen molar-refractivity contribution in [1.82, 2.24) is 4.90 Å². The summed E-state index contributed by atoms with van der Waals surface area (Å²) in [6, 6.07) is 23.4. The van der Waals surface area contributed by atoms with Crippen LogP contribution in [0.5, 0.6) is 0 Å². The van der Waals surface area contributed by atoms with Crippen molar-refractivity contribution in [3.8, 4) is 0 Å². The lowest BCUT2D eigenvalue weighted by Crippen LogP contribution is -2.33. The molecule has 0 radical (unpaired) electrons. The van der Waals surface area contributed by atoms with Crippen LogP contribution in [0.15, 0.2) is 72.8 Å². The van der Waals surface area contributed by atoms with Crippen LogP contribution in [0.25, 0.3) is 10.8 Å². The van der Waals surface area contributed by atoms with Gasteiger partial charge in [-0.2, -0.15) is 0 Å². The minimum Gasteiger partial charge on any atom is -0.395 e. The SMILES string of the molecule is O=C(c1cccc2ccccc12)N(CCO)Cc1ccccc1. The van der Waals surface area contributed by atoms with Crippen LogP contribution in [-0.2, 0) is 6.54 Å². The highest BCUT2D eigenvalue weighted by Crippen LogP contribution is 2.20. The third-order valence-electron chi connectivity index (χ3n) is 3.89. The number of amides is 1. The molecule has 0 heterocycles. The van der Waals surface area contributed by atoms with Crippen LogP contribution < -0.4 is 0 Å². The summed E-state index contributed by atoms with van der Waals surface area (Å²) in [6.45, 7) is 0.754. The van der Waals surface area contributed by atoms with Crippen molar-refractivity contribution in [1.29, 1.82) is 0 Å². The molecule has 0 aliphatic heterocycles. The normalized spacial score (nSPS) is 10.7. The van der Waals surface area contributed by atoms with E-state index in [1.165, 1.54) is 0 Å². The molecule has 0 aliphatic carbocycles. The fourth-order valence-electron chi connectivity index (χ4n) is 2.76. The molecule has 0 fully saturated rings. The third-order valence-corrected chi connectivity index (χ3v) is 3.89. The van der Waals surface area contributed by atoms with E-state index < -0.39 is 0 Å². The average molecular weight is 305 g/mol. The molecular weight excluding hydrogens is 286 g/mol. The smallest absolute Gasteiger partial charge is 0.254 e. The molecule has 1 amide bonds. The van der Waals surface area contributed by atoms with Crippen LogP contribution in [0.2, 0.25) is 0 Å². The summed E-state index contributed by atoms with van der Waals surface area (Å²) in [5, 5.41) is 11.3. The maximum atomic E-state index is 13.0. The second-order valence-electron chi connectivity index (χ2n) is 5.46. The van der Waals surface area contributed by atoms with Gasteiger partial charge in [0.15, 0.2) is 0 Å². The zero-order valence-corrected chi connectivity index (χ0v) is 12.9. The zero-order chi connectivity index (χ0) is 16.1. The van der Waals surface area contributed by atoms with Gasteiger partial charge in [0.1, 0.15) is 0 Å². The van der Waals surface area contributed by atoms with Crippen molar-refractivity contribution >= 4 is 16.7 Å². The molecule has 0 bridgehead atoms. The van der Waals surface area contributed by atoms with Gasteiger partial charge in [-0.25, -0.2) is 0 Å². The molecule has 1 N–H and O–H groups in total. The monoisotopic (exact) mass is 305 g/mol. The first kappa shape index (κ1) is 15.3. The molecule has 0 aliphatic rings. The van der Waals surface area contributed by atoms with Crippen LogP contribution in [0.4, 0.5) is 0 Å². The van der Waals surface area contributed by atoms with E-state index in [9.17, 15) is 9.90 Å². The van der Waals surface area contributed by atoms with Gasteiger partial charge in [-0.3, -0.25) is 4.79 Å². The van der Waals surface area contributed by atoms with Gasteiger partial charge in [-0.05, 0) is 22.4 Å². The van der Waals surface area contributed by atoms with Gasteiger partial charge >= 0.3 is 0 Å². The number of aliphatic hydroxyl groups excluding tert-OH is 1. The number of hydrogen-bond acceptors (Lipinski definition) is 2. The van der Waals surface area contributed by atoms with Crippen molar-refractivity contribution in [2.45, 2.75) is 6.54 Å². The van der Waals surface area contributed by atoms with E-state index in [-0.39, 0.29) is 12.5 Å². The predicted molar refractivity (Wildman–Crippen MR) is 92.2 cm³/mol. The van der Waals surface area contributed by atoms with Crippen molar-refractivity contribution in [3.63, 3.8) is 0 Å². The first-order valence-electron chi connectivity index (χ1n) is 7.71. The minimum absolute atomic E-state index is 0.0522. The Balaban J connectivity index is 1.94. The van der Waals surface area contributed by atoms with Gasteiger partial charge in [0, 0.05) is 18.7 Å². The summed E-state index contributed by atoms with van der Waals surface area (Å²) in [6.07, 6.45) is 0. The Kier molecular flexibility index (Phi) is 4.69. The lowest BCUT2D eigenvalue weighted by Gasteiger charge is -2.22. The van der Waals surface area contributed by atoms with Gasteiger partial charge in [0.05, 0.1) is 6.61 Å². The van der Waals surface area contributed by atoms with Crippen molar-refractivity contribution in [2.24, 2.45) is 0 Å². The zero-order valence-electron chi connectivity index (χ0n) is 12.9. The molecule has 0 unspecified atom stereocenters. The Labute approximate surface area is 135 Å². The van der Waals surface area contributed by atoms with E-state index in [0.717, 1.165) is 16.3 Å². The maximum Gasteiger partial charge on any atom is 0.254 e. The fraction of sp³-hybridized carbons (Fsp3) is 0.150. The van der Waals surface area contributed by atoms with E-state index in [4.69, 9.17) is 0 Å². The highest BCUT2D eigenvalue weighted by Gasteiger charge is 2.17. The highest BCUT2D eigenvalue weighted by atomic mass is 16.3. The van der Waals surface area contributed by atoms with Crippen molar-refractivity contribution < 1.29 is 9.90 Å². The molecule has 3 aromatic carbocycles. The molecule has 0 atom stereocenters. The summed E-state index contributed by atoms with van der Waals surface area (Å²) >= 11 is 0. The van der Waals surface area contributed by atoms with Gasteiger partial charge in [0.2, 0.25) is 0 Å². The summed E-state index contributed by atoms with van der Waals surface area (Å²) in [5.41, 5.74) is 1.72. The summed E-state index contributed by atoms with van der Waals surface area (Å²) in [7, 11) is 0. The summed E-state index contributed by atoms with van der Waals surface area (Å²) in [4.78, 5) is 14.7. The molecule has 3 rings (SSSR count). The maximum absolute atomic E-state index is 13.0. The molecular formula is C20H19NO2. The van der Waals surface area contributed by atoms with Crippen molar-refractivity contribution in [2.75, 3.05) is 13.2 Å². The number of benzene rings is 3. The van der Waals surface area contributed by atoms with Crippen LogP contribution in [0, 0.1) is 0 Å². The Morgan fingerprint density at radius 1 is 0.870 bits per heavy atom. The van der Waals surface area contributed by atoms with Crippen LogP contribution >= 0.6 is 0 Å². The first-order valence-corrected chi connectivity index (χ1v) is 7.71. The average Bonchev–Trinajstić information content (AvgIpc) is 2.61. The fourth-order valence-corrected chi connectivity index (χ4v) is 2.76. The van der Waals surface area contributed by atoms with E-state index >= 15 is 0 Å². The van der Waals surface area contributed by atoms with Crippen LogP contribution in [-0.4, -0.2) is 29.1 Å². The lowest BCUT2D eigenvalue weighted by atomic mass is 10.0. The molecule has 0 aromatic heterocycles. The largest absolute Gasteiger partial charge is 0.395 e. The number of carbonyl (C=O) groups is 1. The number of hydrogen-bond donors (Lipinski definition) is 1.